The number of carbonyl (C=O) groups is 1. The molecule has 3 heterocycles. The third-order valence-corrected chi connectivity index (χ3v) is 5.87. The fraction of sp³-hybridized carbons (Fsp3) is 0.533. The second-order valence-corrected chi connectivity index (χ2v) is 7.55. The fourth-order valence-electron chi connectivity index (χ4n) is 3.11. The maximum Gasteiger partial charge on any atom is 0.275 e. The number of rotatable bonds is 6. The lowest BCUT2D eigenvalue weighted by atomic mass is 10.2. The fourth-order valence-corrected chi connectivity index (χ4v) is 4.24. The van der Waals surface area contributed by atoms with E-state index in [0.29, 0.717) is 13.1 Å². The van der Waals surface area contributed by atoms with Gasteiger partial charge in [-0.05, 0) is 17.7 Å². The summed E-state index contributed by atoms with van der Waals surface area (Å²) in [6.45, 7) is 2.13. The zero-order chi connectivity index (χ0) is 16.2. The first kappa shape index (κ1) is 16.5. The maximum absolute atomic E-state index is 12.2. The van der Waals surface area contributed by atoms with E-state index < -0.39 is 0 Å². The van der Waals surface area contributed by atoms with Gasteiger partial charge in [0, 0.05) is 24.8 Å². The Morgan fingerprint density at radius 1 is 1.57 bits per heavy atom. The first-order valence-electron chi connectivity index (χ1n) is 7.76. The van der Waals surface area contributed by atoms with E-state index in [-0.39, 0.29) is 11.9 Å². The van der Waals surface area contributed by atoms with Gasteiger partial charge in [0.2, 0.25) is 0 Å². The highest BCUT2D eigenvalue weighted by Crippen LogP contribution is 2.20. The Bertz CT molecular complexity index is 655. The highest BCUT2D eigenvalue weighted by molar-refractivity contribution is 7.98. The third-order valence-electron chi connectivity index (χ3n) is 4.27. The number of aromatic nitrogens is 3. The van der Waals surface area contributed by atoms with Crippen LogP contribution in [0.4, 0.5) is 0 Å². The number of quaternary nitrogens is 1. The van der Waals surface area contributed by atoms with Crippen molar-refractivity contribution in [1.82, 2.24) is 20.1 Å². The lowest BCUT2D eigenvalue weighted by Crippen LogP contribution is -3.11. The van der Waals surface area contributed by atoms with Crippen molar-refractivity contribution in [3.05, 3.63) is 28.2 Å². The zero-order valence-corrected chi connectivity index (χ0v) is 15.0. The molecular weight excluding hydrogens is 330 g/mol. The standard InChI is InChI=1S/C15H21N5OS2/c1-19-14(17-18-15(19)22-2)12-6-3-7-20(12)10-13(21)16-9-11-5-4-8-23-11/h4-5,8,12H,3,6-7,9-10H2,1-2H3,(H,16,21)/p+1/t12-/m1/s1. The average molecular weight is 353 g/mol. The highest BCUT2D eigenvalue weighted by Gasteiger charge is 2.35. The highest BCUT2D eigenvalue weighted by atomic mass is 32.2. The number of carbonyl (C=O) groups excluding carboxylic acids is 1. The lowest BCUT2D eigenvalue weighted by molar-refractivity contribution is -0.911. The van der Waals surface area contributed by atoms with Gasteiger partial charge in [-0.15, -0.1) is 21.5 Å². The molecule has 124 valence electrons. The first-order valence-corrected chi connectivity index (χ1v) is 9.86. The van der Waals surface area contributed by atoms with Crippen LogP contribution in [0.15, 0.2) is 22.7 Å². The molecule has 0 bridgehead atoms. The summed E-state index contributed by atoms with van der Waals surface area (Å²) < 4.78 is 2.06. The molecular formula is C15H22N5OS2+. The number of nitrogens with zero attached hydrogens (tertiary/aromatic N) is 3. The van der Waals surface area contributed by atoms with Crippen molar-refractivity contribution < 1.29 is 9.69 Å². The third kappa shape index (κ3) is 3.76. The van der Waals surface area contributed by atoms with E-state index in [4.69, 9.17) is 0 Å². The molecule has 0 aliphatic carbocycles. The number of nitrogens with one attached hydrogen (secondary N) is 2. The van der Waals surface area contributed by atoms with E-state index in [9.17, 15) is 4.79 Å². The lowest BCUT2D eigenvalue weighted by Gasteiger charge is -2.20. The summed E-state index contributed by atoms with van der Waals surface area (Å²) in [5, 5.41) is 14.6. The van der Waals surface area contributed by atoms with Crippen molar-refractivity contribution in [3.63, 3.8) is 0 Å². The molecule has 1 saturated heterocycles. The Kier molecular flexibility index (Phi) is 5.34. The number of amides is 1. The Morgan fingerprint density at radius 3 is 3.13 bits per heavy atom. The van der Waals surface area contributed by atoms with Gasteiger partial charge in [0.15, 0.2) is 17.5 Å². The predicted octanol–water partition coefficient (Wildman–Crippen LogP) is 0.635. The van der Waals surface area contributed by atoms with E-state index in [1.807, 2.05) is 30.8 Å². The van der Waals surface area contributed by atoms with Crippen molar-refractivity contribution in [2.75, 3.05) is 19.3 Å². The molecule has 0 aromatic carbocycles. The molecule has 0 spiro atoms. The van der Waals surface area contributed by atoms with Gasteiger partial charge in [-0.1, -0.05) is 17.8 Å². The van der Waals surface area contributed by atoms with Gasteiger partial charge in [-0.2, -0.15) is 0 Å². The first-order chi connectivity index (χ1) is 11.2. The molecule has 2 N–H and O–H groups in total. The van der Waals surface area contributed by atoms with E-state index >= 15 is 0 Å². The molecule has 23 heavy (non-hydrogen) atoms. The van der Waals surface area contributed by atoms with Crippen LogP contribution >= 0.6 is 23.1 Å². The normalized spacial score (nSPS) is 20.8. The van der Waals surface area contributed by atoms with Crippen molar-refractivity contribution in [1.29, 1.82) is 0 Å². The van der Waals surface area contributed by atoms with Gasteiger partial charge < -0.3 is 14.8 Å². The summed E-state index contributed by atoms with van der Waals surface area (Å²) in [6, 6.07) is 4.31. The van der Waals surface area contributed by atoms with Crippen LogP contribution < -0.4 is 10.2 Å². The Morgan fingerprint density at radius 2 is 2.43 bits per heavy atom. The van der Waals surface area contributed by atoms with E-state index in [1.165, 1.54) is 9.78 Å². The van der Waals surface area contributed by atoms with Crippen LogP contribution in [-0.4, -0.2) is 40.0 Å². The SMILES string of the molecule is CSc1nnc([C@H]2CCC[NH+]2CC(=O)NCc2cccs2)n1C. The van der Waals surface area contributed by atoms with Gasteiger partial charge in [0.25, 0.3) is 5.91 Å². The molecule has 8 heteroatoms. The van der Waals surface area contributed by atoms with Crippen LogP contribution in [0, 0.1) is 0 Å². The minimum Gasteiger partial charge on any atom is -0.346 e. The molecule has 1 fully saturated rings. The molecule has 3 rings (SSSR count). The van der Waals surface area contributed by atoms with Crippen LogP contribution in [0.3, 0.4) is 0 Å². The summed E-state index contributed by atoms with van der Waals surface area (Å²) in [5.74, 6) is 1.10. The summed E-state index contributed by atoms with van der Waals surface area (Å²) in [6.07, 6.45) is 4.19. The molecule has 0 saturated carbocycles. The van der Waals surface area contributed by atoms with Crippen LogP contribution in [0.5, 0.6) is 0 Å². The Hall–Kier alpha value is -1.38. The van der Waals surface area contributed by atoms with Gasteiger partial charge in [-0.3, -0.25) is 4.79 Å². The topological polar surface area (TPSA) is 64.2 Å². The molecule has 1 aliphatic heterocycles. The number of hydrogen-bond donors (Lipinski definition) is 2. The molecule has 1 amide bonds. The van der Waals surface area contributed by atoms with Crippen LogP contribution in [-0.2, 0) is 18.4 Å². The number of thioether (sulfide) groups is 1. The average Bonchev–Trinajstić information content (AvgIpc) is 3.26. The van der Waals surface area contributed by atoms with Crippen molar-refractivity contribution >= 4 is 29.0 Å². The second-order valence-electron chi connectivity index (χ2n) is 5.74. The summed E-state index contributed by atoms with van der Waals surface area (Å²) in [5.41, 5.74) is 0. The maximum atomic E-state index is 12.2. The zero-order valence-electron chi connectivity index (χ0n) is 13.4. The molecule has 1 unspecified atom stereocenters. The molecule has 2 aromatic heterocycles. The van der Waals surface area contributed by atoms with Crippen LogP contribution in [0.25, 0.3) is 0 Å². The van der Waals surface area contributed by atoms with E-state index in [0.717, 1.165) is 30.4 Å². The summed E-state index contributed by atoms with van der Waals surface area (Å²) in [7, 11) is 2.01. The van der Waals surface area contributed by atoms with Crippen molar-refractivity contribution in [3.8, 4) is 0 Å². The number of thiophene rings is 1. The molecule has 2 atom stereocenters. The largest absolute Gasteiger partial charge is 0.346 e. The van der Waals surface area contributed by atoms with Gasteiger partial charge >= 0.3 is 0 Å². The minimum absolute atomic E-state index is 0.104. The van der Waals surface area contributed by atoms with Gasteiger partial charge in [0.1, 0.15) is 6.04 Å². The van der Waals surface area contributed by atoms with E-state index in [1.54, 1.807) is 23.1 Å². The molecule has 1 aliphatic rings. The molecule has 2 aromatic rings. The molecule has 0 radical (unpaired) electrons. The van der Waals surface area contributed by atoms with Gasteiger partial charge in [-0.25, -0.2) is 0 Å². The minimum atomic E-state index is 0.104. The van der Waals surface area contributed by atoms with Gasteiger partial charge in [0.05, 0.1) is 13.1 Å². The monoisotopic (exact) mass is 352 g/mol. The smallest absolute Gasteiger partial charge is 0.275 e. The second kappa shape index (κ2) is 7.46. The Balaban J connectivity index is 1.60. The summed E-state index contributed by atoms with van der Waals surface area (Å²) >= 11 is 3.27. The Labute approximate surface area is 144 Å². The van der Waals surface area contributed by atoms with Crippen molar-refractivity contribution in [2.24, 2.45) is 7.05 Å². The van der Waals surface area contributed by atoms with Crippen LogP contribution in [0.2, 0.25) is 0 Å². The number of likely N-dealkylation sites (tertiary alicyclic amines) is 1. The predicted molar refractivity (Wildman–Crippen MR) is 91.6 cm³/mol. The van der Waals surface area contributed by atoms with E-state index in [2.05, 4.69) is 20.1 Å². The summed E-state index contributed by atoms with van der Waals surface area (Å²) in [4.78, 5) is 14.7. The quantitative estimate of drug-likeness (QED) is 0.749. The van der Waals surface area contributed by atoms with Crippen LogP contribution in [0.1, 0.15) is 29.6 Å². The molecule has 6 nitrogen and oxygen atoms in total. The van der Waals surface area contributed by atoms with Crippen molar-refractivity contribution in [2.45, 2.75) is 30.6 Å². The number of hydrogen-bond acceptors (Lipinski definition) is 5.